The van der Waals surface area contributed by atoms with Gasteiger partial charge in [0.05, 0.1) is 13.2 Å². The van der Waals surface area contributed by atoms with Crippen LogP contribution in [0.4, 0.5) is 35.3 Å². The highest BCUT2D eigenvalue weighted by Crippen LogP contribution is 2.33. The number of hydrogen-bond acceptors (Lipinski definition) is 5. The number of morpholine rings is 1. The summed E-state index contributed by atoms with van der Waals surface area (Å²) in [4.78, 5) is 34.6. The lowest BCUT2D eigenvalue weighted by Gasteiger charge is -2.29. The molecule has 1 atom stereocenters. The summed E-state index contributed by atoms with van der Waals surface area (Å²) < 4.78 is 43.7. The Morgan fingerprint density at radius 2 is 1.89 bits per heavy atom. The van der Waals surface area contributed by atoms with Crippen LogP contribution in [0.2, 0.25) is 0 Å². The van der Waals surface area contributed by atoms with E-state index in [4.69, 9.17) is 9.72 Å². The molecule has 2 fully saturated rings. The largest absolute Gasteiger partial charge is 0.389 e. The van der Waals surface area contributed by atoms with Gasteiger partial charge in [0, 0.05) is 52.3 Å². The van der Waals surface area contributed by atoms with Crippen LogP contribution in [0.25, 0.3) is 11.1 Å². The number of carbonyl (C=O) groups is 2. The van der Waals surface area contributed by atoms with Crippen LogP contribution in [0.1, 0.15) is 25.3 Å². The molecule has 3 amide bonds. The van der Waals surface area contributed by atoms with E-state index in [1.54, 1.807) is 13.1 Å². The smallest absolute Gasteiger partial charge is 0.378 e. The fraction of sp³-hybridized carbons (Fsp3) is 0.500. The van der Waals surface area contributed by atoms with Crippen LogP contribution in [0.15, 0.2) is 30.3 Å². The highest BCUT2D eigenvalue weighted by Gasteiger charge is 2.36. The quantitative estimate of drug-likeness (QED) is 0.621. The van der Waals surface area contributed by atoms with E-state index in [9.17, 15) is 22.8 Å². The number of carbonyl (C=O) groups excluding carboxylic acids is 2. The Hall–Kier alpha value is -3.34. The number of likely N-dealkylation sites (tertiary alicyclic amines) is 1. The van der Waals surface area contributed by atoms with Crippen molar-refractivity contribution in [2.24, 2.45) is 5.92 Å². The normalized spacial score (nSPS) is 18.2. The van der Waals surface area contributed by atoms with Crippen molar-refractivity contribution in [2.75, 3.05) is 61.6 Å². The lowest BCUT2D eigenvalue weighted by atomic mass is 10.00. The molecule has 0 radical (unpaired) electrons. The minimum Gasteiger partial charge on any atom is -0.378 e. The number of urea groups is 1. The summed E-state index contributed by atoms with van der Waals surface area (Å²) in [7, 11) is 1.67. The summed E-state index contributed by atoms with van der Waals surface area (Å²) in [5.41, 5.74) is 3.18. The van der Waals surface area contributed by atoms with Gasteiger partial charge in [-0.05, 0) is 60.2 Å². The molecule has 1 N–H and O–H groups in total. The number of ether oxygens (including phenoxy) is 1. The molecule has 11 heteroatoms. The Balaban J connectivity index is 1.58. The van der Waals surface area contributed by atoms with Crippen molar-refractivity contribution in [1.29, 1.82) is 0 Å². The zero-order chi connectivity index (χ0) is 26.7. The number of amides is 3. The van der Waals surface area contributed by atoms with Crippen molar-refractivity contribution in [3.05, 3.63) is 35.9 Å². The molecule has 8 nitrogen and oxygen atoms in total. The summed E-state index contributed by atoms with van der Waals surface area (Å²) in [6.45, 7) is 6.33. The van der Waals surface area contributed by atoms with Gasteiger partial charge in [-0.1, -0.05) is 6.07 Å². The van der Waals surface area contributed by atoms with Gasteiger partial charge < -0.3 is 24.8 Å². The summed E-state index contributed by atoms with van der Waals surface area (Å²) in [6, 6.07) is 8.87. The molecule has 0 spiro atoms. The van der Waals surface area contributed by atoms with Crippen LogP contribution in [0.5, 0.6) is 0 Å². The van der Waals surface area contributed by atoms with Gasteiger partial charge in [-0.15, -0.1) is 0 Å². The van der Waals surface area contributed by atoms with Crippen LogP contribution in [-0.4, -0.2) is 74.4 Å². The summed E-state index contributed by atoms with van der Waals surface area (Å²) in [5, 5.41) is 2.84. The van der Waals surface area contributed by atoms with E-state index in [0.717, 1.165) is 22.5 Å². The summed E-state index contributed by atoms with van der Waals surface area (Å²) >= 11 is 0. The molecule has 4 rings (SSSR count). The van der Waals surface area contributed by atoms with Crippen LogP contribution in [0.3, 0.4) is 0 Å². The van der Waals surface area contributed by atoms with Gasteiger partial charge in [-0.3, -0.25) is 4.79 Å². The number of aryl methyl sites for hydroxylation is 1. The number of hydrogen-bond donors (Lipinski definition) is 1. The van der Waals surface area contributed by atoms with Crippen LogP contribution >= 0.6 is 0 Å². The number of nitrogens with one attached hydrogen (secondary N) is 1. The second-order valence-corrected chi connectivity index (χ2v) is 9.63. The van der Waals surface area contributed by atoms with Crippen molar-refractivity contribution < 1.29 is 27.5 Å². The number of halogens is 3. The van der Waals surface area contributed by atoms with Crippen LogP contribution in [0, 0.1) is 12.8 Å². The molecule has 37 heavy (non-hydrogen) atoms. The first-order valence-electron chi connectivity index (χ1n) is 12.3. The molecule has 2 aliphatic heterocycles. The Morgan fingerprint density at radius 3 is 2.57 bits per heavy atom. The highest BCUT2D eigenvalue weighted by atomic mass is 19.4. The maximum absolute atomic E-state index is 12.8. The lowest BCUT2D eigenvalue weighted by molar-refractivity contribution is -0.143. The minimum absolute atomic E-state index is 0.0814. The second kappa shape index (κ2) is 11.0. The molecule has 0 bridgehead atoms. The third-order valence-electron chi connectivity index (χ3n) is 6.84. The average Bonchev–Trinajstić information content (AvgIpc) is 3.32. The van der Waals surface area contributed by atoms with Gasteiger partial charge in [0.15, 0.2) is 0 Å². The second-order valence-electron chi connectivity index (χ2n) is 9.63. The van der Waals surface area contributed by atoms with Gasteiger partial charge in [0.25, 0.3) is 0 Å². The fourth-order valence-corrected chi connectivity index (χ4v) is 4.67. The van der Waals surface area contributed by atoms with Gasteiger partial charge in [0.2, 0.25) is 5.91 Å². The van der Waals surface area contributed by atoms with E-state index in [1.165, 1.54) is 16.7 Å². The number of alkyl halides is 3. The summed E-state index contributed by atoms with van der Waals surface area (Å²) in [6.07, 6.45) is -4.78. The molecule has 200 valence electrons. The first kappa shape index (κ1) is 26.7. The molecule has 2 saturated heterocycles. The topological polar surface area (TPSA) is 78.0 Å². The first-order valence-corrected chi connectivity index (χ1v) is 12.3. The summed E-state index contributed by atoms with van der Waals surface area (Å²) in [5.74, 6) is 0.509. The standard InChI is InChI=1S/C26H32F3N5O3/c1-17-4-5-21(30-25(36)34-7-6-19(16-34)15-26(27,28)29)14-22(17)20-12-23(32(3)18(2)35)31-24(13-20)33-8-10-37-11-9-33/h4-5,12-14,19H,6-11,15-16H2,1-3H3,(H,30,36)/t19-/m0/s1. The SMILES string of the molecule is CC(=O)N(C)c1cc(-c2cc(NC(=O)N3CC[C@@H](CC(F)(F)F)C3)ccc2C)cc(N2CCOCC2)n1. The Kier molecular flexibility index (Phi) is 7.91. The minimum atomic E-state index is -4.23. The maximum atomic E-state index is 12.8. The van der Waals surface area contributed by atoms with E-state index < -0.39 is 24.5 Å². The van der Waals surface area contributed by atoms with Gasteiger partial charge >= 0.3 is 12.2 Å². The van der Waals surface area contributed by atoms with Crippen molar-refractivity contribution >= 4 is 29.3 Å². The number of anilines is 3. The molecule has 2 aliphatic rings. The predicted octanol–water partition coefficient (Wildman–Crippen LogP) is 4.68. The molecular formula is C26H32F3N5O3. The highest BCUT2D eigenvalue weighted by molar-refractivity contribution is 5.92. The number of rotatable bonds is 5. The van der Waals surface area contributed by atoms with Crippen molar-refractivity contribution in [1.82, 2.24) is 9.88 Å². The van der Waals surface area contributed by atoms with E-state index in [0.29, 0.717) is 50.8 Å². The predicted molar refractivity (Wildman–Crippen MR) is 136 cm³/mol. The van der Waals surface area contributed by atoms with E-state index in [2.05, 4.69) is 10.2 Å². The van der Waals surface area contributed by atoms with Crippen LogP contribution < -0.4 is 15.1 Å². The Labute approximate surface area is 214 Å². The van der Waals surface area contributed by atoms with Gasteiger partial charge in [0.1, 0.15) is 11.6 Å². The third kappa shape index (κ3) is 6.71. The number of benzene rings is 1. The van der Waals surface area contributed by atoms with E-state index in [1.807, 2.05) is 31.2 Å². The molecule has 3 heterocycles. The average molecular weight is 520 g/mol. The van der Waals surface area contributed by atoms with Crippen molar-refractivity contribution in [3.8, 4) is 11.1 Å². The third-order valence-corrected chi connectivity index (χ3v) is 6.84. The Morgan fingerprint density at radius 1 is 1.16 bits per heavy atom. The number of nitrogens with zero attached hydrogens (tertiary/aromatic N) is 4. The van der Waals surface area contributed by atoms with E-state index >= 15 is 0 Å². The zero-order valence-corrected chi connectivity index (χ0v) is 21.3. The molecule has 0 saturated carbocycles. The molecule has 1 aromatic carbocycles. The number of aromatic nitrogens is 1. The van der Waals surface area contributed by atoms with Gasteiger partial charge in [-0.25, -0.2) is 9.78 Å². The van der Waals surface area contributed by atoms with Gasteiger partial charge in [-0.2, -0.15) is 13.2 Å². The van der Waals surface area contributed by atoms with Crippen LogP contribution in [-0.2, 0) is 9.53 Å². The monoisotopic (exact) mass is 519 g/mol. The molecule has 2 aromatic rings. The zero-order valence-electron chi connectivity index (χ0n) is 21.3. The maximum Gasteiger partial charge on any atom is 0.389 e. The van der Waals surface area contributed by atoms with Crippen molar-refractivity contribution in [3.63, 3.8) is 0 Å². The molecule has 0 unspecified atom stereocenters. The fourth-order valence-electron chi connectivity index (χ4n) is 4.67. The Bertz CT molecular complexity index is 1150. The first-order chi connectivity index (χ1) is 17.5. The molecule has 1 aromatic heterocycles. The number of pyridine rings is 1. The van der Waals surface area contributed by atoms with Crippen molar-refractivity contribution in [2.45, 2.75) is 32.9 Å². The molecular weight excluding hydrogens is 487 g/mol. The lowest BCUT2D eigenvalue weighted by Crippen LogP contribution is -2.37. The van der Waals surface area contributed by atoms with E-state index in [-0.39, 0.29) is 12.5 Å². The molecule has 0 aliphatic carbocycles.